The SMILES string of the molecule is Cc1ccc(SC(C)S(=O)(=O)c2ccc(C(=O)O)cc2)cc1. The number of benzene rings is 2. The number of rotatable bonds is 5. The molecule has 2 aromatic rings. The summed E-state index contributed by atoms with van der Waals surface area (Å²) in [5.74, 6) is -1.08. The van der Waals surface area contributed by atoms with Crippen LogP contribution in [0.5, 0.6) is 0 Å². The maximum atomic E-state index is 12.5. The average Bonchev–Trinajstić information content (AvgIpc) is 2.49. The van der Waals surface area contributed by atoms with Gasteiger partial charge in [-0.15, -0.1) is 11.8 Å². The Kier molecular flexibility index (Phi) is 4.93. The summed E-state index contributed by atoms with van der Waals surface area (Å²) in [5.41, 5.74) is 1.18. The molecule has 0 amide bonds. The molecular formula is C16H16O4S2. The van der Waals surface area contributed by atoms with Crippen LogP contribution < -0.4 is 0 Å². The minimum atomic E-state index is -3.52. The van der Waals surface area contributed by atoms with Gasteiger partial charge >= 0.3 is 5.97 Å². The fraction of sp³-hybridized carbons (Fsp3) is 0.188. The van der Waals surface area contributed by atoms with E-state index in [1.54, 1.807) is 6.92 Å². The van der Waals surface area contributed by atoms with Gasteiger partial charge in [-0.25, -0.2) is 13.2 Å². The van der Waals surface area contributed by atoms with Crippen LogP contribution in [0.3, 0.4) is 0 Å². The maximum absolute atomic E-state index is 12.5. The zero-order valence-electron chi connectivity index (χ0n) is 12.2. The molecule has 1 unspecified atom stereocenters. The molecule has 0 aromatic heterocycles. The van der Waals surface area contributed by atoms with Crippen LogP contribution in [0.25, 0.3) is 0 Å². The van der Waals surface area contributed by atoms with Crippen LogP contribution in [0.1, 0.15) is 22.8 Å². The van der Waals surface area contributed by atoms with E-state index in [-0.39, 0.29) is 10.5 Å². The van der Waals surface area contributed by atoms with E-state index in [4.69, 9.17) is 5.11 Å². The van der Waals surface area contributed by atoms with Gasteiger partial charge in [0.15, 0.2) is 9.84 Å². The number of aryl methyl sites for hydroxylation is 1. The third-order valence-corrected chi connectivity index (χ3v) is 6.92. The van der Waals surface area contributed by atoms with Crippen molar-refractivity contribution in [3.05, 3.63) is 59.7 Å². The molecule has 0 aliphatic heterocycles. The molecule has 0 saturated carbocycles. The summed E-state index contributed by atoms with van der Waals surface area (Å²) >= 11 is 1.26. The lowest BCUT2D eigenvalue weighted by Crippen LogP contribution is -2.14. The molecule has 1 N–H and O–H groups in total. The van der Waals surface area contributed by atoms with Crippen molar-refractivity contribution in [3.8, 4) is 0 Å². The highest BCUT2D eigenvalue weighted by Gasteiger charge is 2.24. The highest BCUT2D eigenvalue weighted by Crippen LogP contribution is 2.30. The predicted octanol–water partition coefficient (Wildman–Crippen LogP) is 3.61. The first kappa shape index (κ1) is 16.6. The lowest BCUT2D eigenvalue weighted by molar-refractivity contribution is 0.0696. The summed E-state index contributed by atoms with van der Waals surface area (Å²) in [6.07, 6.45) is 0. The van der Waals surface area contributed by atoms with Crippen molar-refractivity contribution < 1.29 is 18.3 Å². The van der Waals surface area contributed by atoms with Gasteiger partial charge in [-0.2, -0.15) is 0 Å². The standard InChI is InChI=1S/C16H16O4S2/c1-11-3-7-14(8-4-11)21-12(2)22(19,20)15-9-5-13(6-10-15)16(17)18/h3-10,12H,1-2H3,(H,17,18). The molecule has 0 fully saturated rings. The smallest absolute Gasteiger partial charge is 0.335 e. The van der Waals surface area contributed by atoms with Crippen molar-refractivity contribution in [3.63, 3.8) is 0 Å². The van der Waals surface area contributed by atoms with Crippen molar-refractivity contribution in [1.82, 2.24) is 0 Å². The molecule has 4 nitrogen and oxygen atoms in total. The van der Waals surface area contributed by atoms with Crippen LogP contribution in [0.4, 0.5) is 0 Å². The highest BCUT2D eigenvalue weighted by atomic mass is 32.3. The Hall–Kier alpha value is -1.79. The third-order valence-electron chi connectivity index (χ3n) is 3.19. The van der Waals surface area contributed by atoms with Crippen LogP contribution in [-0.2, 0) is 9.84 Å². The number of carbonyl (C=O) groups is 1. The molecule has 0 aliphatic rings. The summed E-state index contributed by atoms with van der Waals surface area (Å²) in [5, 5.41) is 8.85. The molecular weight excluding hydrogens is 320 g/mol. The summed E-state index contributed by atoms with van der Waals surface area (Å²) in [6.45, 7) is 3.60. The maximum Gasteiger partial charge on any atom is 0.335 e. The van der Waals surface area contributed by atoms with Crippen LogP contribution in [0, 0.1) is 6.92 Å². The molecule has 1 atom stereocenters. The Bertz CT molecular complexity index is 763. The quantitative estimate of drug-likeness (QED) is 0.845. The summed E-state index contributed by atoms with van der Waals surface area (Å²) in [6, 6.07) is 12.9. The number of hydrogen-bond donors (Lipinski definition) is 1. The minimum absolute atomic E-state index is 0.0674. The number of carboxylic acids is 1. The van der Waals surface area contributed by atoms with Crippen LogP contribution in [-0.4, -0.2) is 24.1 Å². The fourth-order valence-corrected chi connectivity index (χ4v) is 4.60. The van der Waals surface area contributed by atoms with Gasteiger partial charge in [0.2, 0.25) is 0 Å². The monoisotopic (exact) mass is 336 g/mol. The second-order valence-corrected chi connectivity index (χ2v) is 8.85. The van der Waals surface area contributed by atoms with Gasteiger partial charge < -0.3 is 5.11 Å². The first-order valence-corrected chi connectivity index (χ1v) is 9.04. The topological polar surface area (TPSA) is 71.4 Å². The Morgan fingerprint density at radius 1 is 1.05 bits per heavy atom. The Labute approximate surface area is 134 Å². The molecule has 0 saturated heterocycles. The molecule has 0 aliphatic carbocycles. The molecule has 0 bridgehead atoms. The van der Waals surface area contributed by atoms with E-state index >= 15 is 0 Å². The summed E-state index contributed by atoms with van der Waals surface area (Å²) in [4.78, 5) is 11.8. The first-order chi connectivity index (χ1) is 10.3. The van der Waals surface area contributed by atoms with E-state index in [9.17, 15) is 13.2 Å². The molecule has 2 rings (SSSR count). The van der Waals surface area contributed by atoms with E-state index < -0.39 is 20.4 Å². The molecule has 6 heteroatoms. The predicted molar refractivity (Wildman–Crippen MR) is 87.1 cm³/mol. The van der Waals surface area contributed by atoms with E-state index in [1.165, 1.54) is 36.0 Å². The Morgan fingerprint density at radius 3 is 2.09 bits per heavy atom. The zero-order chi connectivity index (χ0) is 16.3. The van der Waals surface area contributed by atoms with Crippen molar-refractivity contribution in [2.24, 2.45) is 0 Å². The van der Waals surface area contributed by atoms with Crippen molar-refractivity contribution in [2.75, 3.05) is 0 Å². The fourth-order valence-electron chi connectivity index (χ4n) is 1.85. The minimum Gasteiger partial charge on any atom is -0.478 e. The molecule has 0 spiro atoms. The van der Waals surface area contributed by atoms with Gasteiger partial charge in [-0.05, 0) is 50.2 Å². The van der Waals surface area contributed by atoms with Gasteiger partial charge in [0, 0.05) is 4.90 Å². The number of sulfone groups is 1. The average molecular weight is 336 g/mol. The molecule has 116 valence electrons. The Balaban J connectivity index is 2.21. The zero-order valence-corrected chi connectivity index (χ0v) is 13.8. The highest BCUT2D eigenvalue weighted by molar-refractivity contribution is 8.13. The second-order valence-electron chi connectivity index (χ2n) is 4.87. The Morgan fingerprint density at radius 2 is 1.59 bits per heavy atom. The number of hydrogen-bond acceptors (Lipinski definition) is 4. The lowest BCUT2D eigenvalue weighted by Gasteiger charge is -2.13. The van der Waals surface area contributed by atoms with Crippen molar-refractivity contribution in [1.29, 1.82) is 0 Å². The van der Waals surface area contributed by atoms with Gasteiger partial charge in [0.05, 0.1) is 10.5 Å². The number of thioether (sulfide) groups is 1. The molecule has 2 aromatic carbocycles. The summed E-state index contributed by atoms with van der Waals surface area (Å²) in [7, 11) is -3.52. The number of aromatic carboxylic acids is 1. The molecule has 0 radical (unpaired) electrons. The number of carboxylic acid groups (broad SMARTS) is 1. The van der Waals surface area contributed by atoms with Gasteiger partial charge in [0.1, 0.15) is 4.58 Å². The molecule has 0 heterocycles. The van der Waals surface area contributed by atoms with E-state index in [0.717, 1.165) is 10.5 Å². The van der Waals surface area contributed by atoms with Crippen LogP contribution in [0.15, 0.2) is 58.3 Å². The van der Waals surface area contributed by atoms with E-state index in [2.05, 4.69) is 0 Å². The van der Waals surface area contributed by atoms with Gasteiger partial charge in [-0.3, -0.25) is 0 Å². The largest absolute Gasteiger partial charge is 0.478 e. The third kappa shape index (κ3) is 3.69. The van der Waals surface area contributed by atoms with Crippen molar-refractivity contribution >= 4 is 27.6 Å². The van der Waals surface area contributed by atoms with E-state index in [1.807, 2.05) is 31.2 Å². The van der Waals surface area contributed by atoms with Crippen LogP contribution >= 0.6 is 11.8 Å². The molecule has 22 heavy (non-hydrogen) atoms. The van der Waals surface area contributed by atoms with Crippen molar-refractivity contribution in [2.45, 2.75) is 28.2 Å². The van der Waals surface area contributed by atoms with Crippen LogP contribution in [0.2, 0.25) is 0 Å². The van der Waals surface area contributed by atoms with E-state index in [0.29, 0.717) is 0 Å². The lowest BCUT2D eigenvalue weighted by atomic mass is 10.2. The van der Waals surface area contributed by atoms with Gasteiger partial charge in [-0.1, -0.05) is 17.7 Å². The first-order valence-electron chi connectivity index (χ1n) is 6.61. The van der Waals surface area contributed by atoms with Gasteiger partial charge in [0.25, 0.3) is 0 Å². The summed E-state index contributed by atoms with van der Waals surface area (Å²) < 4.78 is 24.4. The normalized spacial score (nSPS) is 12.8. The second kappa shape index (κ2) is 6.54.